The van der Waals surface area contributed by atoms with E-state index in [1.165, 1.54) is 32.4 Å². The summed E-state index contributed by atoms with van der Waals surface area (Å²) in [5.74, 6) is 0.586. The highest BCUT2D eigenvalue weighted by atomic mass is 35.5. The molecule has 26 heavy (non-hydrogen) atoms. The molecule has 5 nitrogen and oxygen atoms in total. The molecule has 7 heteroatoms. The van der Waals surface area contributed by atoms with Crippen molar-refractivity contribution in [1.29, 1.82) is 0 Å². The lowest BCUT2D eigenvalue weighted by molar-refractivity contribution is 0.156. The molecule has 1 aromatic rings. The lowest BCUT2D eigenvalue weighted by atomic mass is 9.77. The lowest BCUT2D eigenvalue weighted by Gasteiger charge is -2.41. The molecule has 2 aliphatic heterocycles. The van der Waals surface area contributed by atoms with Crippen LogP contribution in [0.4, 0.5) is 5.69 Å². The molecular formula is C19H29ClN4OS. The second kappa shape index (κ2) is 7.79. The van der Waals surface area contributed by atoms with Gasteiger partial charge in [-0.05, 0) is 43.9 Å². The quantitative estimate of drug-likeness (QED) is 0.598. The van der Waals surface area contributed by atoms with Gasteiger partial charge in [0.2, 0.25) is 0 Å². The smallest absolute Gasteiger partial charge is 0.139 e. The Balaban J connectivity index is 1.81. The van der Waals surface area contributed by atoms with Gasteiger partial charge in [-0.3, -0.25) is 4.31 Å². The Hall–Kier alpha value is -1.24. The molecule has 0 unspecified atom stereocenters. The largest absolute Gasteiger partial charge is 0.495 e. The molecule has 0 bridgehead atoms. The summed E-state index contributed by atoms with van der Waals surface area (Å²) in [5, 5.41) is 0.551. The van der Waals surface area contributed by atoms with Crippen molar-refractivity contribution in [2.75, 3.05) is 45.3 Å². The minimum Gasteiger partial charge on any atom is -0.495 e. The second-order valence-corrected chi connectivity index (χ2v) is 8.68. The molecule has 2 aliphatic rings. The number of hydrogen-bond donors (Lipinski definition) is 2. The van der Waals surface area contributed by atoms with Crippen molar-refractivity contribution >= 4 is 34.9 Å². The molecule has 4 N–H and O–H groups in total. The molecule has 1 aromatic carbocycles. The van der Waals surface area contributed by atoms with Crippen molar-refractivity contribution < 1.29 is 4.74 Å². The minimum atomic E-state index is 0.455. The van der Waals surface area contributed by atoms with Gasteiger partial charge in [0, 0.05) is 49.2 Å². The maximum Gasteiger partial charge on any atom is 0.139 e. The number of nitrogens with zero attached hydrogens (tertiary/aromatic N) is 2. The van der Waals surface area contributed by atoms with Crippen LogP contribution in [0, 0.1) is 5.41 Å². The third-order valence-electron chi connectivity index (χ3n) is 5.75. The van der Waals surface area contributed by atoms with Crippen molar-refractivity contribution in [2.45, 2.75) is 26.2 Å². The fourth-order valence-electron chi connectivity index (χ4n) is 4.23. The summed E-state index contributed by atoms with van der Waals surface area (Å²) in [4.78, 5) is 2.37. The van der Waals surface area contributed by atoms with Crippen LogP contribution in [-0.2, 0) is 0 Å². The summed E-state index contributed by atoms with van der Waals surface area (Å²) >= 11 is 8.21. The molecule has 2 fully saturated rings. The number of likely N-dealkylation sites (tertiary alicyclic amines) is 1. The maximum atomic E-state index is 6.35. The number of nitrogens with two attached hydrogens (primary N) is 2. The molecule has 1 spiro atoms. The van der Waals surface area contributed by atoms with Crippen molar-refractivity contribution in [3.8, 4) is 5.75 Å². The van der Waals surface area contributed by atoms with E-state index < -0.39 is 0 Å². The normalized spacial score (nSPS) is 21.2. The zero-order valence-corrected chi connectivity index (χ0v) is 17.4. The van der Waals surface area contributed by atoms with Crippen LogP contribution < -0.4 is 16.2 Å². The highest BCUT2D eigenvalue weighted by molar-refractivity contribution is 7.96. The van der Waals surface area contributed by atoms with Crippen molar-refractivity contribution in [3.05, 3.63) is 28.4 Å². The maximum absolute atomic E-state index is 6.35. The van der Waals surface area contributed by atoms with Crippen molar-refractivity contribution in [2.24, 2.45) is 11.1 Å². The van der Waals surface area contributed by atoms with Crippen LogP contribution in [0.15, 0.2) is 17.8 Å². The van der Waals surface area contributed by atoms with Crippen LogP contribution in [0.5, 0.6) is 5.75 Å². The average Bonchev–Trinajstić information content (AvgIpc) is 3.02. The first-order chi connectivity index (χ1) is 12.4. The van der Waals surface area contributed by atoms with Crippen LogP contribution in [0.3, 0.4) is 0 Å². The van der Waals surface area contributed by atoms with Gasteiger partial charge in [-0.25, -0.2) is 0 Å². The Morgan fingerprint density at radius 3 is 2.42 bits per heavy atom. The van der Waals surface area contributed by atoms with Crippen molar-refractivity contribution in [3.63, 3.8) is 0 Å². The molecule has 0 atom stereocenters. The first-order valence-corrected chi connectivity index (χ1v) is 10.6. The molecule has 3 rings (SSSR count). The van der Waals surface area contributed by atoms with Gasteiger partial charge < -0.3 is 21.1 Å². The lowest BCUT2D eigenvalue weighted by Crippen LogP contribution is -2.41. The zero-order chi connectivity index (χ0) is 18.9. The van der Waals surface area contributed by atoms with E-state index >= 15 is 0 Å². The Bertz CT molecular complexity index is 697. The average molecular weight is 397 g/mol. The molecule has 144 valence electrons. The first kappa shape index (κ1) is 19.5. The molecule has 0 amide bonds. The summed E-state index contributed by atoms with van der Waals surface area (Å²) < 4.78 is 7.76. The predicted molar refractivity (Wildman–Crippen MR) is 112 cm³/mol. The molecule has 0 saturated carbocycles. The zero-order valence-electron chi connectivity index (χ0n) is 15.8. The standard InChI is InChI=1S/C19H29ClN4OS/c1-13(21)18(14-10-15(20)17(25-2)11-16(14)22)23-7-4-19(5-8-23)6-9-24(12-19)26-3/h10-11H,4-9,12,21-22H2,1-3H3/b18-13+. The van der Waals surface area contributed by atoms with E-state index in [-0.39, 0.29) is 0 Å². The first-order valence-electron chi connectivity index (χ1n) is 9.03. The topological polar surface area (TPSA) is 67.7 Å². The summed E-state index contributed by atoms with van der Waals surface area (Å²) in [6.07, 6.45) is 5.83. The summed E-state index contributed by atoms with van der Waals surface area (Å²) in [6, 6.07) is 3.65. The number of hydrogen-bond acceptors (Lipinski definition) is 6. The number of nitrogen functional groups attached to an aromatic ring is 1. The number of methoxy groups -OCH3 is 1. The number of piperidine rings is 1. The fourth-order valence-corrected chi connectivity index (χ4v) is 5.14. The Morgan fingerprint density at radius 1 is 1.23 bits per heavy atom. The predicted octanol–water partition coefficient (Wildman–Crippen LogP) is 3.64. The fraction of sp³-hybridized carbons (Fsp3) is 0.579. The van der Waals surface area contributed by atoms with E-state index in [0.29, 0.717) is 21.9 Å². The third kappa shape index (κ3) is 3.73. The summed E-state index contributed by atoms with van der Waals surface area (Å²) in [6.45, 7) is 6.31. The molecule has 2 saturated heterocycles. The Morgan fingerprint density at radius 2 is 1.88 bits per heavy atom. The number of allylic oxidation sites excluding steroid dienone is 1. The number of ether oxygens (including phenoxy) is 1. The summed E-state index contributed by atoms with van der Waals surface area (Å²) in [7, 11) is 1.59. The van der Waals surface area contributed by atoms with E-state index in [0.717, 1.165) is 30.0 Å². The van der Waals surface area contributed by atoms with E-state index in [1.54, 1.807) is 13.2 Å². The molecule has 2 heterocycles. The monoisotopic (exact) mass is 396 g/mol. The van der Waals surface area contributed by atoms with E-state index in [4.69, 9.17) is 27.8 Å². The van der Waals surface area contributed by atoms with E-state index in [1.807, 2.05) is 24.9 Å². The number of anilines is 1. The van der Waals surface area contributed by atoms with Gasteiger partial charge in [0.1, 0.15) is 5.75 Å². The van der Waals surface area contributed by atoms with Gasteiger partial charge in [0.15, 0.2) is 0 Å². The van der Waals surface area contributed by atoms with Gasteiger partial charge in [0.05, 0.1) is 17.8 Å². The third-order valence-corrected chi connectivity index (χ3v) is 6.88. The number of halogens is 1. The van der Waals surface area contributed by atoms with Gasteiger partial charge in [-0.15, -0.1) is 0 Å². The molecule has 0 radical (unpaired) electrons. The SMILES string of the molecule is COc1cc(N)c(/C(=C(/C)N)N2CCC3(CCN(SC)C3)CC2)cc1Cl. The van der Waals surface area contributed by atoms with Crippen LogP contribution in [-0.4, -0.2) is 48.7 Å². The second-order valence-electron chi connectivity index (χ2n) is 7.39. The Labute approximate surface area is 165 Å². The van der Waals surface area contributed by atoms with Crippen LogP contribution in [0.2, 0.25) is 5.02 Å². The highest BCUT2D eigenvalue weighted by Crippen LogP contribution is 2.44. The molecule has 0 aliphatic carbocycles. The summed E-state index contributed by atoms with van der Waals surface area (Å²) in [5.41, 5.74) is 16.3. The van der Waals surface area contributed by atoms with E-state index in [2.05, 4.69) is 15.5 Å². The van der Waals surface area contributed by atoms with Gasteiger partial charge >= 0.3 is 0 Å². The Kier molecular flexibility index (Phi) is 5.85. The minimum absolute atomic E-state index is 0.455. The highest BCUT2D eigenvalue weighted by Gasteiger charge is 2.41. The molecular weight excluding hydrogens is 368 g/mol. The van der Waals surface area contributed by atoms with Crippen molar-refractivity contribution in [1.82, 2.24) is 9.21 Å². The number of benzene rings is 1. The van der Waals surface area contributed by atoms with Gasteiger partial charge in [-0.2, -0.15) is 0 Å². The number of rotatable bonds is 4. The van der Waals surface area contributed by atoms with Crippen LogP contribution in [0.25, 0.3) is 5.70 Å². The van der Waals surface area contributed by atoms with Gasteiger partial charge in [0.25, 0.3) is 0 Å². The van der Waals surface area contributed by atoms with Gasteiger partial charge in [-0.1, -0.05) is 23.5 Å². The van der Waals surface area contributed by atoms with Crippen LogP contribution >= 0.6 is 23.5 Å². The molecule has 0 aromatic heterocycles. The van der Waals surface area contributed by atoms with Crippen LogP contribution in [0.1, 0.15) is 31.7 Å². The van der Waals surface area contributed by atoms with E-state index in [9.17, 15) is 0 Å².